The summed E-state index contributed by atoms with van der Waals surface area (Å²) in [6, 6.07) is 13.0. The average molecular weight is 372 g/mol. The molecule has 0 aromatic heterocycles. The first-order valence-electron chi connectivity index (χ1n) is 8.47. The number of hydrogen-bond donors (Lipinski definition) is 3. The van der Waals surface area contributed by atoms with Crippen molar-refractivity contribution in [2.24, 2.45) is 0 Å². The van der Waals surface area contributed by atoms with Crippen LogP contribution in [0.1, 0.15) is 30.4 Å². The summed E-state index contributed by atoms with van der Waals surface area (Å²) in [4.78, 5) is 34.2. The summed E-state index contributed by atoms with van der Waals surface area (Å²) >= 11 is 0. The molecule has 2 rings (SSSR count). The van der Waals surface area contributed by atoms with Crippen LogP contribution in [0.2, 0.25) is 0 Å². The van der Waals surface area contributed by atoms with Gasteiger partial charge in [0.2, 0.25) is 11.8 Å². The molecule has 0 aliphatic rings. The molecule has 0 aliphatic heterocycles. The van der Waals surface area contributed by atoms with Crippen LogP contribution in [-0.4, -0.2) is 29.4 Å². The van der Waals surface area contributed by atoms with Crippen LogP contribution in [0.15, 0.2) is 48.5 Å². The average Bonchev–Trinajstić information content (AvgIpc) is 2.62. The minimum atomic E-state index is -1.11. The highest BCUT2D eigenvalue weighted by Gasteiger charge is 2.15. The van der Waals surface area contributed by atoms with Gasteiger partial charge >= 0.3 is 5.97 Å². The number of carboxylic acid groups (broad SMARTS) is 1. The second kappa shape index (κ2) is 9.47. The molecule has 0 saturated carbocycles. The van der Waals surface area contributed by atoms with Gasteiger partial charge in [-0.05, 0) is 35.2 Å². The van der Waals surface area contributed by atoms with Gasteiger partial charge in [-0.3, -0.25) is 14.4 Å². The second-order valence-corrected chi connectivity index (χ2v) is 6.22. The van der Waals surface area contributed by atoms with Crippen molar-refractivity contribution in [1.82, 2.24) is 5.32 Å². The van der Waals surface area contributed by atoms with E-state index in [2.05, 4.69) is 10.6 Å². The lowest BCUT2D eigenvalue weighted by atomic mass is 9.97. The van der Waals surface area contributed by atoms with E-state index in [1.54, 1.807) is 49.4 Å². The van der Waals surface area contributed by atoms with Crippen LogP contribution in [0.25, 0.3) is 0 Å². The van der Waals surface area contributed by atoms with Gasteiger partial charge in [0.15, 0.2) is 0 Å². The lowest BCUT2D eigenvalue weighted by molar-refractivity contribution is -0.137. The highest BCUT2D eigenvalue weighted by molar-refractivity contribution is 5.91. The Morgan fingerprint density at radius 3 is 2.33 bits per heavy atom. The summed E-state index contributed by atoms with van der Waals surface area (Å²) < 4.78 is 13.8. The molecule has 3 N–H and O–H groups in total. The number of aliphatic carboxylic acids is 1. The Balaban J connectivity index is 1.86. The third-order valence-electron chi connectivity index (χ3n) is 3.97. The van der Waals surface area contributed by atoms with Gasteiger partial charge in [-0.15, -0.1) is 0 Å². The number of carboxylic acids is 1. The van der Waals surface area contributed by atoms with Crippen molar-refractivity contribution < 1.29 is 23.9 Å². The summed E-state index contributed by atoms with van der Waals surface area (Å²) in [6.07, 6.45) is 0.187. The smallest absolute Gasteiger partial charge is 0.322 e. The van der Waals surface area contributed by atoms with Gasteiger partial charge in [0.05, 0.1) is 6.42 Å². The van der Waals surface area contributed by atoms with Crippen LogP contribution >= 0.6 is 0 Å². The Kier molecular flexibility index (Phi) is 7.05. The SMILES string of the molecule is CC(CC(=O)Nc1ccc(CC(=O)NCC(=O)O)cc1)c1ccccc1F. The van der Waals surface area contributed by atoms with Crippen molar-refractivity contribution in [3.63, 3.8) is 0 Å². The molecule has 1 unspecified atom stereocenters. The van der Waals surface area contributed by atoms with Crippen molar-refractivity contribution in [2.45, 2.75) is 25.7 Å². The van der Waals surface area contributed by atoms with E-state index in [1.165, 1.54) is 6.07 Å². The van der Waals surface area contributed by atoms with Crippen molar-refractivity contribution in [3.8, 4) is 0 Å². The summed E-state index contributed by atoms with van der Waals surface area (Å²) in [5.74, 6) is -2.33. The Hall–Kier alpha value is -3.22. The molecule has 0 spiro atoms. The standard InChI is InChI=1S/C20H21FN2O4/c1-13(16-4-2-3-5-17(16)21)10-19(25)23-15-8-6-14(7-9-15)11-18(24)22-12-20(26)27/h2-9,13H,10-12H2,1H3,(H,22,24)(H,23,25)(H,26,27). The van der Waals surface area contributed by atoms with E-state index in [0.29, 0.717) is 16.8 Å². The molecule has 2 aromatic carbocycles. The van der Waals surface area contributed by atoms with Gasteiger partial charge in [0.25, 0.3) is 0 Å². The molecule has 0 saturated heterocycles. The minimum Gasteiger partial charge on any atom is -0.480 e. The van der Waals surface area contributed by atoms with Gasteiger partial charge in [-0.1, -0.05) is 37.3 Å². The van der Waals surface area contributed by atoms with Gasteiger partial charge in [0, 0.05) is 12.1 Å². The molecule has 142 valence electrons. The topological polar surface area (TPSA) is 95.5 Å². The number of amides is 2. The van der Waals surface area contributed by atoms with E-state index in [-0.39, 0.29) is 30.5 Å². The summed E-state index contributed by atoms with van der Waals surface area (Å²) in [5, 5.41) is 13.5. The molecule has 0 radical (unpaired) electrons. The fourth-order valence-corrected chi connectivity index (χ4v) is 2.60. The van der Waals surface area contributed by atoms with Crippen LogP contribution in [0.3, 0.4) is 0 Å². The third-order valence-corrected chi connectivity index (χ3v) is 3.97. The van der Waals surface area contributed by atoms with Crippen LogP contribution in [0.4, 0.5) is 10.1 Å². The molecule has 2 amide bonds. The molecular formula is C20H21FN2O4. The summed E-state index contributed by atoms with van der Waals surface area (Å²) in [6.45, 7) is 1.37. The second-order valence-electron chi connectivity index (χ2n) is 6.22. The maximum Gasteiger partial charge on any atom is 0.322 e. The molecule has 0 aliphatic carbocycles. The number of anilines is 1. The lowest BCUT2D eigenvalue weighted by Gasteiger charge is -2.13. The number of carbonyl (C=O) groups is 3. The number of carbonyl (C=O) groups excluding carboxylic acids is 2. The monoisotopic (exact) mass is 372 g/mol. The zero-order valence-electron chi connectivity index (χ0n) is 14.9. The predicted molar refractivity (Wildman–Crippen MR) is 98.9 cm³/mol. The zero-order valence-corrected chi connectivity index (χ0v) is 14.9. The van der Waals surface area contributed by atoms with Crippen LogP contribution in [0.5, 0.6) is 0 Å². The molecule has 27 heavy (non-hydrogen) atoms. The highest BCUT2D eigenvalue weighted by atomic mass is 19.1. The van der Waals surface area contributed by atoms with Gasteiger partial charge < -0.3 is 15.7 Å². The van der Waals surface area contributed by atoms with Crippen LogP contribution < -0.4 is 10.6 Å². The van der Waals surface area contributed by atoms with Gasteiger partial charge in [-0.25, -0.2) is 4.39 Å². The molecular weight excluding hydrogens is 351 g/mol. The molecule has 0 heterocycles. The number of nitrogens with one attached hydrogen (secondary N) is 2. The van der Waals surface area contributed by atoms with Crippen molar-refractivity contribution in [2.75, 3.05) is 11.9 Å². The van der Waals surface area contributed by atoms with Crippen LogP contribution in [0, 0.1) is 5.82 Å². The Morgan fingerprint density at radius 1 is 1.04 bits per heavy atom. The van der Waals surface area contributed by atoms with Crippen molar-refractivity contribution >= 4 is 23.5 Å². The normalized spacial score (nSPS) is 11.5. The lowest BCUT2D eigenvalue weighted by Crippen LogP contribution is -2.30. The first-order chi connectivity index (χ1) is 12.8. The molecule has 2 aromatic rings. The first-order valence-corrected chi connectivity index (χ1v) is 8.47. The molecule has 7 heteroatoms. The van der Waals surface area contributed by atoms with E-state index >= 15 is 0 Å². The summed E-state index contributed by atoms with van der Waals surface area (Å²) in [7, 11) is 0. The number of rotatable bonds is 8. The third kappa shape index (κ3) is 6.54. The zero-order chi connectivity index (χ0) is 19.8. The first kappa shape index (κ1) is 20.1. The van der Waals surface area contributed by atoms with Crippen LogP contribution in [-0.2, 0) is 20.8 Å². The maximum absolute atomic E-state index is 13.8. The minimum absolute atomic E-state index is 0.0474. The number of benzene rings is 2. The molecule has 0 fully saturated rings. The molecule has 1 atom stereocenters. The van der Waals surface area contributed by atoms with Crippen molar-refractivity contribution in [1.29, 1.82) is 0 Å². The fourth-order valence-electron chi connectivity index (χ4n) is 2.60. The Morgan fingerprint density at radius 2 is 1.70 bits per heavy atom. The molecule has 0 bridgehead atoms. The van der Waals surface area contributed by atoms with E-state index in [4.69, 9.17) is 5.11 Å². The van der Waals surface area contributed by atoms with E-state index in [1.807, 2.05) is 0 Å². The summed E-state index contributed by atoms with van der Waals surface area (Å²) in [5.41, 5.74) is 1.75. The van der Waals surface area contributed by atoms with Gasteiger partial charge in [0.1, 0.15) is 12.4 Å². The van der Waals surface area contributed by atoms with E-state index < -0.39 is 18.4 Å². The van der Waals surface area contributed by atoms with E-state index in [0.717, 1.165) is 0 Å². The Labute approximate surface area is 156 Å². The fraction of sp³-hybridized carbons (Fsp3) is 0.250. The Bertz CT molecular complexity index is 821. The molecule has 6 nitrogen and oxygen atoms in total. The largest absolute Gasteiger partial charge is 0.480 e. The number of halogens is 1. The predicted octanol–water partition coefficient (Wildman–Crippen LogP) is 2.70. The quantitative estimate of drug-likeness (QED) is 0.664. The number of hydrogen-bond acceptors (Lipinski definition) is 3. The maximum atomic E-state index is 13.8. The highest BCUT2D eigenvalue weighted by Crippen LogP contribution is 2.22. The van der Waals surface area contributed by atoms with Gasteiger partial charge in [-0.2, -0.15) is 0 Å². The van der Waals surface area contributed by atoms with E-state index in [9.17, 15) is 18.8 Å². The van der Waals surface area contributed by atoms with Crippen molar-refractivity contribution in [3.05, 3.63) is 65.5 Å².